The van der Waals surface area contributed by atoms with Gasteiger partial charge in [-0.25, -0.2) is 8.42 Å². The smallest absolute Gasteiger partial charge is 0.253 e. The molecule has 0 bridgehead atoms. The lowest BCUT2D eigenvalue weighted by Crippen LogP contribution is -2.39. The highest BCUT2D eigenvalue weighted by molar-refractivity contribution is 7.92. The van der Waals surface area contributed by atoms with Crippen molar-refractivity contribution in [2.75, 3.05) is 37.2 Å². The second kappa shape index (κ2) is 13.1. The maximum atomic E-state index is 12.5. The summed E-state index contributed by atoms with van der Waals surface area (Å²) in [5.41, 5.74) is 2.02. The van der Waals surface area contributed by atoms with Crippen LogP contribution in [-0.2, 0) is 10.0 Å². The Bertz CT molecular complexity index is 1130. The third-order valence-corrected chi connectivity index (χ3v) is 7.35. The van der Waals surface area contributed by atoms with Gasteiger partial charge in [0.05, 0.1) is 11.9 Å². The standard InChI is InChI=1S/C27H39N3O6S/c1-4-30(5-2)27(33)21-8-6-19(7-9-21)20-10-12-22(13-11-20)28-17-23(31)18-36-24-14-15-26(32)25(16-24)29-37(3,34)35/h6-9,14-16,20,22-23,28-29,31-32H,4-5,10-13,17-18H2,1-3H3. The first kappa shape index (κ1) is 28.7. The molecular formula is C27H39N3O6S. The first-order chi connectivity index (χ1) is 17.6. The molecule has 37 heavy (non-hydrogen) atoms. The Morgan fingerprint density at radius 3 is 2.32 bits per heavy atom. The maximum absolute atomic E-state index is 12.5. The van der Waals surface area contributed by atoms with Crippen molar-refractivity contribution in [3.63, 3.8) is 0 Å². The van der Waals surface area contributed by atoms with Crippen molar-refractivity contribution in [2.45, 2.75) is 57.6 Å². The summed E-state index contributed by atoms with van der Waals surface area (Å²) in [7, 11) is -3.54. The number of hydrogen-bond donors (Lipinski definition) is 4. The van der Waals surface area contributed by atoms with Crippen molar-refractivity contribution in [2.24, 2.45) is 0 Å². The van der Waals surface area contributed by atoms with Crippen LogP contribution in [0.4, 0.5) is 5.69 Å². The van der Waals surface area contributed by atoms with Crippen LogP contribution in [0.3, 0.4) is 0 Å². The Morgan fingerprint density at radius 1 is 1.08 bits per heavy atom. The molecule has 1 amide bonds. The van der Waals surface area contributed by atoms with Crippen LogP contribution >= 0.6 is 0 Å². The van der Waals surface area contributed by atoms with Gasteiger partial charge in [0.2, 0.25) is 10.0 Å². The first-order valence-electron chi connectivity index (χ1n) is 12.8. The Hall–Kier alpha value is -2.82. The average Bonchev–Trinajstić information content (AvgIpc) is 2.88. The molecule has 1 aliphatic carbocycles. The van der Waals surface area contributed by atoms with Crippen LogP contribution in [-0.4, -0.2) is 74.1 Å². The predicted molar refractivity (Wildman–Crippen MR) is 145 cm³/mol. The molecule has 0 radical (unpaired) electrons. The fourth-order valence-electron chi connectivity index (χ4n) is 4.66. The molecule has 0 aliphatic heterocycles. The molecule has 4 N–H and O–H groups in total. The molecule has 1 aliphatic rings. The molecule has 0 heterocycles. The van der Waals surface area contributed by atoms with E-state index in [1.54, 1.807) is 0 Å². The number of phenolic OH excluding ortho intramolecular Hbond substituents is 1. The Kier molecular flexibility index (Phi) is 10.2. The maximum Gasteiger partial charge on any atom is 0.253 e. The number of aliphatic hydroxyl groups excluding tert-OH is 1. The van der Waals surface area contributed by atoms with E-state index >= 15 is 0 Å². The molecule has 3 rings (SSSR count). The molecule has 9 nitrogen and oxygen atoms in total. The molecule has 2 aromatic rings. The van der Waals surface area contributed by atoms with Crippen LogP contribution in [0, 0.1) is 0 Å². The number of anilines is 1. The van der Waals surface area contributed by atoms with Gasteiger partial charge in [-0.3, -0.25) is 9.52 Å². The molecule has 204 valence electrons. The minimum absolute atomic E-state index is 0.0227. The number of hydrogen-bond acceptors (Lipinski definition) is 7. The van der Waals surface area contributed by atoms with Crippen molar-refractivity contribution in [1.82, 2.24) is 10.2 Å². The van der Waals surface area contributed by atoms with E-state index in [0.29, 0.717) is 37.3 Å². The van der Waals surface area contributed by atoms with Crippen LogP contribution in [0.2, 0.25) is 0 Å². The Balaban J connectivity index is 1.41. The predicted octanol–water partition coefficient (Wildman–Crippen LogP) is 3.30. The van der Waals surface area contributed by atoms with Crippen LogP contribution in [0.5, 0.6) is 11.5 Å². The van der Waals surface area contributed by atoms with E-state index in [1.165, 1.54) is 23.8 Å². The van der Waals surface area contributed by atoms with E-state index in [4.69, 9.17) is 4.74 Å². The highest BCUT2D eigenvalue weighted by atomic mass is 32.2. The Morgan fingerprint density at radius 2 is 1.73 bits per heavy atom. The minimum Gasteiger partial charge on any atom is -0.506 e. The molecule has 10 heteroatoms. The fourth-order valence-corrected chi connectivity index (χ4v) is 5.23. The quantitative estimate of drug-likeness (QED) is 0.308. The number of aliphatic hydroxyl groups is 1. The van der Waals surface area contributed by atoms with Gasteiger partial charge in [-0.1, -0.05) is 12.1 Å². The highest BCUT2D eigenvalue weighted by Crippen LogP contribution is 2.33. The number of nitrogens with one attached hydrogen (secondary N) is 2. The monoisotopic (exact) mass is 533 g/mol. The van der Waals surface area contributed by atoms with Crippen LogP contribution in [0.15, 0.2) is 42.5 Å². The number of benzene rings is 2. The number of carbonyl (C=O) groups excluding carboxylic acids is 1. The van der Waals surface area contributed by atoms with E-state index in [1.807, 2.05) is 30.9 Å². The lowest BCUT2D eigenvalue weighted by molar-refractivity contribution is 0.0773. The molecule has 1 atom stereocenters. The SMILES string of the molecule is CCN(CC)C(=O)c1ccc(C2CCC(NCC(O)COc3ccc(O)c(NS(C)(=O)=O)c3)CC2)cc1. The molecule has 0 aromatic heterocycles. The molecule has 1 unspecified atom stereocenters. The number of ether oxygens (including phenoxy) is 1. The fraction of sp³-hybridized carbons (Fsp3) is 0.519. The zero-order valence-electron chi connectivity index (χ0n) is 21.8. The van der Waals surface area contributed by atoms with Crippen LogP contribution in [0.25, 0.3) is 0 Å². The molecule has 0 spiro atoms. The normalized spacial score (nSPS) is 18.7. The number of sulfonamides is 1. The van der Waals surface area contributed by atoms with Gasteiger partial charge in [-0.05, 0) is 75.3 Å². The summed E-state index contributed by atoms with van der Waals surface area (Å²) in [6, 6.07) is 12.6. The third kappa shape index (κ3) is 8.62. The lowest BCUT2D eigenvalue weighted by Gasteiger charge is -2.30. The number of phenols is 1. The summed E-state index contributed by atoms with van der Waals surface area (Å²) in [5.74, 6) is 0.671. The zero-order chi connectivity index (χ0) is 27.0. The molecule has 1 fully saturated rings. The van der Waals surface area contributed by atoms with Gasteiger partial charge in [0.1, 0.15) is 24.2 Å². The van der Waals surface area contributed by atoms with Crippen LogP contribution in [0.1, 0.15) is 61.4 Å². The van der Waals surface area contributed by atoms with Crippen LogP contribution < -0.4 is 14.8 Å². The highest BCUT2D eigenvalue weighted by Gasteiger charge is 2.23. The number of amides is 1. The minimum atomic E-state index is -3.54. The molecule has 1 saturated carbocycles. The van der Waals surface area contributed by atoms with Crippen molar-refractivity contribution in [3.8, 4) is 11.5 Å². The second-order valence-corrected chi connectivity index (χ2v) is 11.3. The van der Waals surface area contributed by atoms with E-state index < -0.39 is 16.1 Å². The van der Waals surface area contributed by atoms with Gasteiger partial charge in [0, 0.05) is 37.3 Å². The number of aromatic hydroxyl groups is 1. The van der Waals surface area contributed by atoms with Gasteiger partial charge in [-0.15, -0.1) is 0 Å². The first-order valence-corrected chi connectivity index (χ1v) is 14.7. The summed E-state index contributed by atoms with van der Waals surface area (Å²) in [4.78, 5) is 14.3. The summed E-state index contributed by atoms with van der Waals surface area (Å²) in [6.07, 6.45) is 4.32. The number of carbonyl (C=O) groups is 1. The lowest BCUT2D eigenvalue weighted by atomic mass is 9.81. The number of nitrogens with zero attached hydrogens (tertiary/aromatic N) is 1. The van der Waals surface area contributed by atoms with E-state index in [9.17, 15) is 23.4 Å². The average molecular weight is 534 g/mol. The summed E-state index contributed by atoms with van der Waals surface area (Å²) < 4.78 is 30.7. The van der Waals surface area contributed by atoms with Gasteiger partial charge < -0.3 is 25.2 Å². The van der Waals surface area contributed by atoms with Gasteiger partial charge in [-0.2, -0.15) is 0 Å². The molecule has 2 aromatic carbocycles. The van der Waals surface area contributed by atoms with E-state index in [0.717, 1.165) is 37.5 Å². The van der Waals surface area contributed by atoms with E-state index in [-0.39, 0.29) is 24.0 Å². The molecule has 0 saturated heterocycles. The molecular weight excluding hydrogens is 494 g/mol. The second-order valence-electron chi connectivity index (χ2n) is 9.57. The van der Waals surface area contributed by atoms with Gasteiger partial charge in [0.25, 0.3) is 5.91 Å². The number of rotatable bonds is 12. The van der Waals surface area contributed by atoms with Gasteiger partial charge >= 0.3 is 0 Å². The zero-order valence-corrected chi connectivity index (χ0v) is 22.6. The Labute approximate surface area is 219 Å². The largest absolute Gasteiger partial charge is 0.506 e. The van der Waals surface area contributed by atoms with Crippen molar-refractivity contribution >= 4 is 21.6 Å². The third-order valence-electron chi connectivity index (χ3n) is 6.75. The van der Waals surface area contributed by atoms with Gasteiger partial charge in [0.15, 0.2) is 0 Å². The van der Waals surface area contributed by atoms with Crippen molar-refractivity contribution in [3.05, 3.63) is 53.6 Å². The van der Waals surface area contributed by atoms with Crippen molar-refractivity contribution in [1.29, 1.82) is 0 Å². The summed E-state index contributed by atoms with van der Waals surface area (Å²) in [6.45, 7) is 5.79. The summed E-state index contributed by atoms with van der Waals surface area (Å²) in [5, 5.41) is 23.6. The van der Waals surface area contributed by atoms with E-state index in [2.05, 4.69) is 22.2 Å². The van der Waals surface area contributed by atoms with Crippen molar-refractivity contribution < 1.29 is 28.2 Å². The summed E-state index contributed by atoms with van der Waals surface area (Å²) >= 11 is 0. The topological polar surface area (TPSA) is 128 Å².